The van der Waals surface area contributed by atoms with E-state index in [1.54, 1.807) is 0 Å². The number of benzene rings is 2. The first kappa shape index (κ1) is 14.4. The highest BCUT2D eigenvalue weighted by molar-refractivity contribution is 9.10. The molecule has 0 heterocycles. The SMILES string of the molecule is CC(Nc1ccccc1Br)c1ccc(NC(N)=O)cc1. The van der Waals surface area contributed by atoms with Gasteiger partial charge in [0.05, 0.1) is 0 Å². The molecule has 0 aliphatic rings. The number of para-hydroxylation sites is 1. The van der Waals surface area contributed by atoms with Crippen molar-refractivity contribution in [2.45, 2.75) is 13.0 Å². The van der Waals surface area contributed by atoms with Crippen LogP contribution in [0.5, 0.6) is 0 Å². The molecule has 2 aromatic carbocycles. The quantitative estimate of drug-likeness (QED) is 0.788. The molecule has 104 valence electrons. The third-order valence-corrected chi connectivity index (χ3v) is 3.62. The van der Waals surface area contributed by atoms with E-state index in [2.05, 4.69) is 33.5 Å². The number of nitrogens with two attached hydrogens (primary N) is 1. The summed E-state index contributed by atoms with van der Waals surface area (Å²) in [5.41, 5.74) is 7.92. The number of carbonyl (C=O) groups excluding carboxylic acids is 1. The highest BCUT2D eigenvalue weighted by atomic mass is 79.9. The second-order valence-electron chi connectivity index (χ2n) is 4.46. The van der Waals surface area contributed by atoms with Crippen molar-refractivity contribution < 1.29 is 4.79 Å². The zero-order valence-corrected chi connectivity index (χ0v) is 12.6. The fraction of sp³-hybridized carbons (Fsp3) is 0.133. The molecule has 4 nitrogen and oxygen atoms in total. The van der Waals surface area contributed by atoms with E-state index in [0.29, 0.717) is 5.69 Å². The van der Waals surface area contributed by atoms with Gasteiger partial charge < -0.3 is 16.4 Å². The molecule has 5 heteroatoms. The number of hydrogen-bond donors (Lipinski definition) is 3. The first-order valence-electron chi connectivity index (χ1n) is 6.24. The van der Waals surface area contributed by atoms with Gasteiger partial charge in [0.2, 0.25) is 0 Å². The summed E-state index contributed by atoms with van der Waals surface area (Å²) in [6.07, 6.45) is 0. The number of hydrogen-bond acceptors (Lipinski definition) is 2. The minimum absolute atomic E-state index is 0.149. The lowest BCUT2D eigenvalue weighted by atomic mass is 10.1. The van der Waals surface area contributed by atoms with Gasteiger partial charge in [-0.15, -0.1) is 0 Å². The summed E-state index contributed by atoms with van der Waals surface area (Å²) in [6, 6.07) is 15.1. The van der Waals surface area contributed by atoms with E-state index < -0.39 is 6.03 Å². The second kappa shape index (κ2) is 6.43. The Bertz CT molecular complexity index is 598. The first-order valence-corrected chi connectivity index (χ1v) is 7.03. The number of primary amides is 1. The van der Waals surface area contributed by atoms with Gasteiger partial charge in [0.25, 0.3) is 0 Å². The van der Waals surface area contributed by atoms with Crippen LogP contribution in [0.3, 0.4) is 0 Å². The molecule has 0 saturated carbocycles. The zero-order valence-electron chi connectivity index (χ0n) is 11.1. The van der Waals surface area contributed by atoms with E-state index >= 15 is 0 Å². The summed E-state index contributed by atoms with van der Waals surface area (Å²) in [5.74, 6) is 0. The van der Waals surface area contributed by atoms with E-state index in [4.69, 9.17) is 5.73 Å². The molecule has 2 aromatic rings. The molecule has 0 spiro atoms. The standard InChI is InChI=1S/C15H16BrN3O/c1-10(18-14-5-3-2-4-13(14)16)11-6-8-12(9-7-11)19-15(17)20/h2-10,18H,1H3,(H3,17,19,20). The molecule has 1 unspecified atom stereocenters. The van der Waals surface area contributed by atoms with Crippen LogP contribution in [0.1, 0.15) is 18.5 Å². The van der Waals surface area contributed by atoms with Crippen molar-refractivity contribution in [3.05, 3.63) is 58.6 Å². The van der Waals surface area contributed by atoms with Crippen molar-refractivity contribution in [3.63, 3.8) is 0 Å². The Balaban J connectivity index is 2.08. The summed E-state index contributed by atoms with van der Waals surface area (Å²) in [7, 11) is 0. The number of anilines is 2. The molecule has 0 aliphatic carbocycles. The van der Waals surface area contributed by atoms with E-state index in [0.717, 1.165) is 15.7 Å². The van der Waals surface area contributed by atoms with Crippen molar-refractivity contribution in [1.82, 2.24) is 0 Å². The number of amides is 2. The minimum atomic E-state index is -0.558. The van der Waals surface area contributed by atoms with Crippen molar-refractivity contribution in [2.24, 2.45) is 5.73 Å². The molecular weight excluding hydrogens is 318 g/mol. The maximum atomic E-state index is 10.8. The topological polar surface area (TPSA) is 67.2 Å². The van der Waals surface area contributed by atoms with Crippen LogP contribution in [-0.4, -0.2) is 6.03 Å². The maximum absolute atomic E-state index is 10.8. The summed E-state index contributed by atoms with van der Waals surface area (Å²) in [4.78, 5) is 10.8. The third-order valence-electron chi connectivity index (χ3n) is 2.92. The summed E-state index contributed by atoms with van der Waals surface area (Å²) < 4.78 is 1.03. The molecule has 0 aliphatic heterocycles. The Morgan fingerprint density at radius 1 is 1.15 bits per heavy atom. The van der Waals surface area contributed by atoms with Crippen molar-refractivity contribution in [2.75, 3.05) is 10.6 Å². The number of halogens is 1. The molecule has 0 fully saturated rings. The average Bonchev–Trinajstić information content (AvgIpc) is 2.41. The lowest BCUT2D eigenvalue weighted by molar-refractivity contribution is 0.259. The van der Waals surface area contributed by atoms with Gasteiger partial charge >= 0.3 is 6.03 Å². The molecule has 4 N–H and O–H groups in total. The monoisotopic (exact) mass is 333 g/mol. The van der Waals surface area contributed by atoms with Crippen LogP contribution in [-0.2, 0) is 0 Å². The highest BCUT2D eigenvalue weighted by Gasteiger charge is 2.07. The number of urea groups is 1. The Labute approximate surface area is 126 Å². The average molecular weight is 334 g/mol. The first-order chi connectivity index (χ1) is 9.56. The molecule has 0 saturated heterocycles. The van der Waals surface area contributed by atoms with Gasteiger partial charge in [-0.2, -0.15) is 0 Å². The van der Waals surface area contributed by atoms with E-state index in [9.17, 15) is 4.79 Å². The fourth-order valence-corrected chi connectivity index (χ4v) is 2.29. The molecule has 2 amide bonds. The molecule has 2 rings (SSSR count). The Kier molecular flexibility index (Phi) is 4.63. The molecule has 1 atom stereocenters. The number of carbonyl (C=O) groups is 1. The largest absolute Gasteiger partial charge is 0.378 e. The van der Waals surface area contributed by atoms with Crippen LogP contribution in [0, 0.1) is 0 Å². The van der Waals surface area contributed by atoms with Gasteiger partial charge in [-0.05, 0) is 52.7 Å². The molecular formula is C15H16BrN3O. The Morgan fingerprint density at radius 2 is 1.80 bits per heavy atom. The molecule has 0 aromatic heterocycles. The number of nitrogens with one attached hydrogen (secondary N) is 2. The van der Waals surface area contributed by atoms with Gasteiger partial charge in [-0.25, -0.2) is 4.79 Å². The second-order valence-corrected chi connectivity index (χ2v) is 5.31. The molecule has 0 bridgehead atoms. The number of rotatable bonds is 4. The Morgan fingerprint density at radius 3 is 2.40 bits per heavy atom. The van der Waals surface area contributed by atoms with Crippen LogP contribution < -0.4 is 16.4 Å². The normalized spacial score (nSPS) is 11.7. The van der Waals surface area contributed by atoms with Crippen molar-refractivity contribution >= 4 is 33.3 Å². The predicted molar refractivity (Wildman–Crippen MR) is 85.8 cm³/mol. The zero-order chi connectivity index (χ0) is 14.5. The van der Waals surface area contributed by atoms with E-state index in [1.165, 1.54) is 0 Å². The third kappa shape index (κ3) is 3.74. The van der Waals surface area contributed by atoms with Gasteiger partial charge in [0, 0.05) is 21.9 Å². The summed E-state index contributed by atoms with van der Waals surface area (Å²) in [6.45, 7) is 2.08. The van der Waals surface area contributed by atoms with Crippen LogP contribution in [0.25, 0.3) is 0 Å². The van der Waals surface area contributed by atoms with Gasteiger partial charge in [-0.3, -0.25) is 0 Å². The van der Waals surface area contributed by atoms with Gasteiger partial charge in [0.1, 0.15) is 0 Å². The van der Waals surface area contributed by atoms with Crippen molar-refractivity contribution in [1.29, 1.82) is 0 Å². The van der Waals surface area contributed by atoms with E-state index in [-0.39, 0.29) is 6.04 Å². The smallest absolute Gasteiger partial charge is 0.316 e. The lowest BCUT2D eigenvalue weighted by Crippen LogP contribution is -2.19. The van der Waals surface area contributed by atoms with Gasteiger partial charge in [-0.1, -0.05) is 24.3 Å². The predicted octanol–water partition coefficient (Wildman–Crippen LogP) is 4.11. The Hall–Kier alpha value is -2.01. The summed E-state index contributed by atoms with van der Waals surface area (Å²) >= 11 is 3.51. The van der Waals surface area contributed by atoms with Gasteiger partial charge in [0.15, 0.2) is 0 Å². The van der Waals surface area contributed by atoms with Crippen LogP contribution in [0.2, 0.25) is 0 Å². The highest BCUT2D eigenvalue weighted by Crippen LogP contribution is 2.26. The molecule has 20 heavy (non-hydrogen) atoms. The fourth-order valence-electron chi connectivity index (χ4n) is 1.89. The minimum Gasteiger partial charge on any atom is -0.378 e. The molecule has 0 radical (unpaired) electrons. The lowest BCUT2D eigenvalue weighted by Gasteiger charge is -2.17. The summed E-state index contributed by atoms with van der Waals surface area (Å²) in [5, 5.41) is 5.97. The van der Waals surface area contributed by atoms with Crippen molar-refractivity contribution in [3.8, 4) is 0 Å². The van der Waals surface area contributed by atoms with Crippen LogP contribution >= 0.6 is 15.9 Å². The van der Waals surface area contributed by atoms with Crippen LogP contribution in [0.15, 0.2) is 53.0 Å². The van der Waals surface area contributed by atoms with E-state index in [1.807, 2.05) is 48.5 Å². The van der Waals surface area contributed by atoms with Crippen LogP contribution in [0.4, 0.5) is 16.2 Å². The maximum Gasteiger partial charge on any atom is 0.316 e.